The van der Waals surface area contributed by atoms with E-state index in [9.17, 15) is 9.18 Å². The number of halogens is 1. The van der Waals surface area contributed by atoms with Gasteiger partial charge < -0.3 is 9.84 Å². The van der Waals surface area contributed by atoms with Crippen LogP contribution in [0, 0.1) is 11.7 Å². The van der Waals surface area contributed by atoms with E-state index in [0.717, 1.165) is 18.4 Å². The van der Waals surface area contributed by atoms with Crippen LogP contribution in [0.5, 0.6) is 5.75 Å². The van der Waals surface area contributed by atoms with E-state index in [1.165, 1.54) is 13.2 Å². The first kappa shape index (κ1) is 11.9. The lowest BCUT2D eigenvalue weighted by Crippen LogP contribution is -2.08. The summed E-state index contributed by atoms with van der Waals surface area (Å²) in [5, 5.41) is 8.87. The van der Waals surface area contributed by atoms with Crippen LogP contribution in [0.25, 0.3) is 0 Å². The number of hydrogen-bond donors (Lipinski definition) is 1. The number of rotatable bonds is 5. The van der Waals surface area contributed by atoms with Gasteiger partial charge in [0.25, 0.3) is 0 Å². The first-order chi connectivity index (χ1) is 8.11. The van der Waals surface area contributed by atoms with E-state index in [1.807, 2.05) is 0 Å². The number of carboxylic acids is 1. The molecule has 0 radical (unpaired) electrons. The van der Waals surface area contributed by atoms with Crippen LogP contribution in [0.2, 0.25) is 0 Å². The molecule has 1 saturated carbocycles. The molecule has 17 heavy (non-hydrogen) atoms. The smallest absolute Gasteiger partial charge is 0.303 e. The summed E-state index contributed by atoms with van der Waals surface area (Å²) in [7, 11) is 1.41. The molecule has 92 valence electrons. The highest BCUT2D eigenvalue weighted by atomic mass is 19.1. The van der Waals surface area contributed by atoms with E-state index >= 15 is 0 Å². The van der Waals surface area contributed by atoms with Gasteiger partial charge in [-0.05, 0) is 42.4 Å². The molecule has 0 bridgehead atoms. The fourth-order valence-corrected chi connectivity index (χ4v) is 2.16. The summed E-state index contributed by atoms with van der Waals surface area (Å²) in [5.74, 6) is -0.760. The van der Waals surface area contributed by atoms with Crippen molar-refractivity contribution in [3.8, 4) is 5.75 Å². The summed E-state index contributed by atoms with van der Waals surface area (Å²) < 4.78 is 18.4. The molecule has 1 aliphatic carbocycles. The zero-order valence-corrected chi connectivity index (χ0v) is 9.65. The van der Waals surface area contributed by atoms with Crippen molar-refractivity contribution in [2.45, 2.75) is 25.2 Å². The van der Waals surface area contributed by atoms with Gasteiger partial charge in [-0.15, -0.1) is 0 Å². The largest absolute Gasteiger partial charge is 0.494 e. The number of ether oxygens (including phenoxy) is 1. The number of benzene rings is 1. The summed E-state index contributed by atoms with van der Waals surface area (Å²) in [6, 6.07) is 4.71. The van der Waals surface area contributed by atoms with Gasteiger partial charge in [0, 0.05) is 0 Å². The predicted molar refractivity (Wildman–Crippen MR) is 60.7 cm³/mol. The first-order valence-electron chi connectivity index (χ1n) is 5.67. The van der Waals surface area contributed by atoms with Gasteiger partial charge in [-0.1, -0.05) is 6.07 Å². The molecule has 1 fully saturated rings. The van der Waals surface area contributed by atoms with Crippen molar-refractivity contribution < 1.29 is 19.0 Å². The van der Waals surface area contributed by atoms with E-state index in [1.54, 1.807) is 12.1 Å². The van der Waals surface area contributed by atoms with Crippen LogP contribution in [0.4, 0.5) is 4.39 Å². The maximum absolute atomic E-state index is 13.6. The molecule has 1 unspecified atom stereocenters. The normalized spacial score (nSPS) is 16.6. The van der Waals surface area contributed by atoms with Crippen LogP contribution in [0.3, 0.4) is 0 Å². The van der Waals surface area contributed by atoms with Gasteiger partial charge in [0.05, 0.1) is 13.5 Å². The Hall–Kier alpha value is -1.58. The van der Waals surface area contributed by atoms with Crippen molar-refractivity contribution in [2.24, 2.45) is 5.92 Å². The third-order valence-corrected chi connectivity index (χ3v) is 3.19. The van der Waals surface area contributed by atoms with Crippen molar-refractivity contribution >= 4 is 5.97 Å². The lowest BCUT2D eigenvalue weighted by atomic mass is 9.91. The molecule has 0 heterocycles. The molecule has 0 aromatic heterocycles. The van der Waals surface area contributed by atoms with Crippen LogP contribution < -0.4 is 4.74 Å². The minimum atomic E-state index is -0.835. The number of hydrogen-bond acceptors (Lipinski definition) is 2. The fraction of sp³-hybridized carbons (Fsp3) is 0.462. The Morgan fingerprint density at radius 1 is 1.59 bits per heavy atom. The predicted octanol–water partition coefficient (Wildman–Crippen LogP) is 2.80. The van der Waals surface area contributed by atoms with Gasteiger partial charge in [0.2, 0.25) is 0 Å². The highest BCUT2D eigenvalue weighted by Crippen LogP contribution is 2.45. The van der Waals surface area contributed by atoms with Gasteiger partial charge in [0.15, 0.2) is 11.6 Å². The highest BCUT2D eigenvalue weighted by molar-refractivity contribution is 5.68. The molecule has 1 atom stereocenters. The Morgan fingerprint density at radius 3 is 2.76 bits per heavy atom. The molecule has 0 saturated heterocycles. The third kappa shape index (κ3) is 2.75. The Morgan fingerprint density at radius 2 is 2.29 bits per heavy atom. The minimum absolute atomic E-state index is 0.0659. The molecular formula is C13H15FO3. The zero-order chi connectivity index (χ0) is 12.4. The maximum Gasteiger partial charge on any atom is 0.303 e. The lowest BCUT2D eigenvalue weighted by molar-refractivity contribution is -0.137. The second-order valence-corrected chi connectivity index (χ2v) is 4.44. The Kier molecular flexibility index (Phi) is 3.31. The van der Waals surface area contributed by atoms with Crippen molar-refractivity contribution in [1.82, 2.24) is 0 Å². The van der Waals surface area contributed by atoms with Gasteiger partial charge in [-0.3, -0.25) is 4.79 Å². The number of carbonyl (C=O) groups is 1. The quantitative estimate of drug-likeness (QED) is 0.858. The molecule has 1 N–H and O–H groups in total. The lowest BCUT2D eigenvalue weighted by Gasteiger charge is -2.15. The Bertz CT molecular complexity index is 427. The average Bonchev–Trinajstić information content (AvgIpc) is 3.09. The molecule has 4 heteroatoms. The van der Waals surface area contributed by atoms with E-state index in [2.05, 4.69) is 0 Å². The van der Waals surface area contributed by atoms with E-state index in [4.69, 9.17) is 9.84 Å². The summed E-state index contributed by atoms with van der Waals surface area (Å²) in [6.45, 7) is 0. The average molecular weight is 238 g/mol. The molecule has 2 rings (SSSR count). The summed E-state index contributed by atoms with van der Waals surface area (Å²) in [6.07, 6.45) is 2.13. The van der Waals surface area contributed by atoms with Crippen molar-refractivity contribution in [1.29, 1.82) is 0 Å². The molecule has 1 aromatic rings. The van der Waals surface area contributed by atoms with E-state index in [0.29, 0.717) is 5.92 Å². The third-order valence-electron chi connectivity index (χ3n) is 3.19. The molecule has 1 aromatic carbocycles. The van der Waals surface area contributed by atoms with Gasteiger partial charge in [-0.2, -0.15) is 0 Å². The van der Waals surface area contributed by atoms with Crippen molar-refractivity contribution in [3.63, 3.8) is 0 Å². The van der Waals surface area contributed by atoms with Gasteiger partial charge >= 0.3 is 5.97 Å². The number of carboxylic acid groups (broad SMARTS) is 1. The zero-order valence-electron chi connectivity index (χ0n) is 9.65. The van der Waals surface area contributed by atoms with Crippen molar-refractivity contribution in [3.05, 3.63) is 29.6 Å². The fourth-order valence-electron chi connectivity index (χ4n) is 2.16. The van der Waals surface area contributed by atoms with Crippen LogP contribution >= 0.6 is 0 Å². The van der Waals surface area contributed by atoms with Crippen LogP contribution in [-0.4, -0.2) is 18.2 Å². The molecule has 0 aliphatic heterocycles. The molecular weight excluding hydrogens is 223 g/mol. The molecule has 1 aliphatic rings. The van der Waals surface area contributed by atoms with Gasteiger partial charge in [-0.25, -0.2) is 4.39 Å². The minimum Gasteiger partial charge on any atom is -0.494 e. The number of aliphatic carboxylic acids is 1. The standard InChI is InChI=1S/C13H15FO3/c1-17-12-5-4-9(6-11(12)14)10(7-13(15)16)8-2-3-8/h4-6,8,10H,2-3,7H2,1H3,(H,15,16). The molecule has 3 nitrogen and oxygen atoms in total. The highest BCUT2D eigenvalue weighted by Gasteiger charge is 2.34. The summed E-state index contributed by atoms with van der Waals surface area (Å²) in [4.78, 5) is 10.8. The number of methoxy groups -OCH3 is 1. The Balaban J connectivity index is 2.23. The van der Waals surface area contributed by atoms with Crippen LogP contribution in [-0.2, 0) is 4.79 Å². The summed E-state index contributed by atoms with van der Waals surface area (Å²) >= 11 is 0. The second kappa shape index (κ2) is 4.73. The molecule has 0 amide bonds. The monoisotopic (exact) mass is 238 g/mol. The van der Waals surface area contributed by atoms with Crippen molar-refractivity contribution in [2.75, 3.05) is 7.11 Å². The van der Waals surface area contributed by atoms with Gasteiger partial charge in [0.1, 0.15) is 0 Å². The molecule has 0 spiro atoms. The topological polar surface area (TPSA) is 46.5 Å². The van der Waals surface area contributed by atoms with E-state index in [-0.39, 0.29) is 18.1 Å². The van der Waals surface area contributed by atoms with Crippen LogP contribution in [0.1, 0.15) is 30.7 Å². The second-order valence-electron chi connectivity index (χ2n) is 4.44. The summed E-state index contributed by atoms with van der Waals surface area (Å²) in [5.41, 5.74) is 0.758. The Labute approximate surface area is 99.2 Å². The first-order valence-corrected chi connectivity index (χ1v) is 5.67. The van der Waals surface area contributed by atoms with E-state index < -0.39 is 11.8 Å². The SMILES string of the molecule is COc1ccc(C(CC(=O)O)C2CC2)cc1F. The maximum atomic E-state index is 13.6. The van der Waals surface area contributed by atoms with Crippen LogP contribution in [0.15, 0.2) is 18.2 Å².